The van der Waals surface area contributed by atoms with Gasteiger partial charge in [-0.15, -0.1) is 0 Å². The minimum atomic E-state index is -3.67. The molecule has 0 saturated heterocycles. The van der Waals surface area contributed by atoms with Crippen molar-refractivity contribution in [2.45, 2.75) is 32.1 Å². The third-order valence-corrected chi connectivity index (χ3v) is 4.70. The maximum absolute atomic E-state index is 12.0. The zero-order valence-electron chi connectivity index (χ0n) is 11.3. The largest absolute Gasteiger partial charge is 0.481 e. The van der Waals surface area contributed by atoms with Crippen LogP contribution < -0.4 is 4.72 Å². The lowest BCUT2D eigenvalue weighted by atomic mass is 9.88. The molecule has 1 aromatic rings. The SMILES string of the molecule is CCC(C)(CNS(=O)(=O)c1ccc(C)cc1)C(=O)O. The number of carboxylic acids is 1. The van der Waals surface area contributed by atoms with E-state index in [1.807, 2.05) is 6.92 Å². The molecule has 1 unspecified atom stereocenters. The summed E-state index contributed by atoms with van der Waals surface area (Å²) in [5, 5.41) is 9.10. The van der Waals surface area contributed by atoms with Gasteiger partial charge in [-0.3, -0.25) is 4.79 Å². The molecule has 5 nitrogen and oxygen atoms in total. The van der Waals surface area contributed by atoms with E-state index in [2.05, 4.69) is 4.72 Å². The lowest BCUT2D eigenvalue weighted by Crippen LogP contribution is -2.40. The summed E-state index contributed by atoms with van der Waals surface area (Å²) in [4.78, 5) is 11.3. The second-order valence-electron chi connectivity index (χ2n) is 4.86. The number of benzene rings is 1. The Morgan fingerprint density at radius 3 is 2.26 bits per heavy atom. The van der Waals surface area contributed by atoms with E-state index in [9.17, 15) is 13.2 Å². The fraction of sp³-hybridized carbons (Fsp3) is 0.462. The van der Waals surface area contributed by atoms with Gasteiger partial charge in [0.2, 0.25) is 10.0 Å². The molecular weight excluding hydrogens is 266 g/mol. The van der Waals surface area contributed by atoms with Gasteiger partial charge in [0, 0.05) is 6.54 Å². The molecule has 1 atom stereocenters. The summed E-state index contributed by atoms with van der Waals surface area (Å²) in [5.41, 5.74) is -0.138. The van der Waals surface area contributed by atoms with Gasteiger partial charge in [-0.2, -0.15) is 0 Å². The lowest BCUT2D eigenvalue weighted by Gasteiger charge is -2.23. The van der Waals surface area contributed by atoms with Crippen molar-refractivity contribution in [1.82, 2.24) is 4.72 Å². The molecule has 0 spiro atoms. The van der Waals surface area contributed by atoms with Gasteiger partial charge in [-0.1, -0.05) is 24.6 Å². The number of hydrogen-bond donors (Lipinski definition) is 2. The molecule has 0 heterocycles. The number of rotatable bonds is 6. The Balaban J connectivity index is 2.87. The molecule has 0 aromatic heterocycles. The second-order valence-corrected chi connectivity index (χ2v) is 6.62. The Hall–Kier alpha value is -1.40. The predicted molar refractivity (Wildman–Crippen MR) is 72.4 cm³/mol. The summed E-state index contributed by atoms with van der Waals surface area (Å²) >= 11 is 0. The van der Waals surface area contributed by atoms with Crippen LogP contribution in [0.1, 0.15) is 25.8 Å². The minimum absolute atomic E-state index is 0.130. The normalized spacial score (nSPS) is 14.9. The zero-order valence-corrected chi connectivity index (χ0v) is 12.1. The van der Waals surface area contributed by atoms with Gasteiger partial charge in [0.25, 0.3) is 0 Å². The van der Waals surface area contributed by atoms with Gasteiger partial charge in [-0.25, -0.2) is 13.1 Å². The smallest absolute Gasteiger partial charge is 0.310 e. The van der Waals surface area contributed by atoms with Crippen LogP contribution in [-0.2, 0) is 14.8 Å². The van der Waals surface area contributed by atoms with Gasteiger partial charge in [0.1, 0.15) is 0 Å². The average Bonchev–Trinajstić information content (AvgIpc) is 2.36. The van der Waals surface area contributed by atoms with Gasteiger partial charge < -0.3 is 5.11 Å². The Bertz CT molecular complexity index is 551. The molecule has 0 amide bonds. The maximum Gasteiger partial charge on any atom is 0.310 e. The van der Waals surface area contributed by atoms with Crippen molar-refractivity contribution in [2.24, 2.45) is 5.41 Å². The van der Waals surface area contributed by atoms with Gasteiger partial charge >= 0.3 is 5.97 Å². The molecule has 2 N–H and O–H groups in total. The predicted octanol–water partition coefficient (Wildman–Crippen LogP) is 1.77. The highest BCUT2D eigenvalue weighted by Gasteiger charge is 2.32. The highest BCUT2D eigenvalue weighted by molar-refractivity contribution is 7.89. The molecule has 0 aliphatic heterocycles. The number of nitrogens with one attached hydrogen (secondary N) is 1. The molecule has 0 bridgehead atoms. The van der Waals surface area contributed by atoms with E-state index in [4.69, 9.17) is 5.11 Å². The molecule has 0 aliphatic carbocycles. The number of sulfonamides is 1. The summed E-state index contributed by atoms with van der Waals surface area (Å²) in [7, 11) is -3.67. The van der Waals surface area contributed by atoms with E-state index in [-0.39, 0.29) is 11.4 Å². The molecule has 0 aliphatic rings. The number of carbonyl (C=O) groups is 1. The zero-order chi connectivity index (χ0) is 14.7. The first-order valence-corrected chi connectivity index (χ1v) is 7.49. The van der Waals surface area contributed by atoms with Crippen LogP contribution in [0.2, 0.25) is 0 Å². The molecule has 6 heteroatoms. The fourth-order valence-electron chi connectivity index (χ4n) is 1.41. The van der Waals surface area contributed by atoms with Crippen molar-refractivity contribution in [1.29, 1.82) is 0 Å². The number of aryl methyl sites for hydroxylation is 1. The summed E-state index contributed by atoms with van der Waals surface area (Å²) in [5.74, 6) is -1.01. The van der Waals surface area contributed by atoms with Crippen LogP contribution in [0, 0.1) is 12.3 Å². The summed E-state index contributed by atoms with van der Waals surface area (Å²) in [6.07, 6.45) is 0.346. The summed E-state index contributed by atoms with van der Waals surface area (Å²) in [6.45, 7) is 4.97. The first-order valence-electron chi connectivity index (χ1n) is 6.01. The van der Waals surface area contributed by atoms with Crippen molar-refractivity contribution in [2.75, 3.05) is 6.54 Å². The van der Waals surface area contributed by atoms with Crippen LogP contribution in [-0.4, -0.2) is 26.0 Å². The van der Waals surface area contributed by atoms with E-state index < -0.39 is 21.4 Å². The standard InChI is InChI=1S/C13H19NO4S/c1-4-13(3,12(15)16)9-14-19(17,18)11-7-5-10(2)6-8-11/h5-8,14H,4,9H2,1-3H3,(H,15,16). The van der Waals surface area contributed by atoms with Crippen LogP contribution in [0.25, 0.3) is 0 Å². The molecule has 1 aromatic carbocycles. The quantitative estimate of drug-likeness (QED) is 0.834. The van der Waals surface area contributed by atoms with Crippen LogP contribution in [0.15, 0.2) is 29.2 Å². The molecule has 1 rings (SSSR count). The first-order chi connectivity index (χ1) is 8.71. The molecule has 19 heavy (non-hydrogen) atoms. The van der Waals surface area contributed by atoms with Crippen molar-refractivity contribution in [3.05, 3.63) is 29.8 Å². The van der Waals surface area contributed by atoms with E-state index in [1.54, 1.807) is 19.1 Å². The summed E-state index contributed by atoms with van der Waals surface area (Å²) in [6, 6.07) is 6.40. The van der Waals surface area contributed by atoms with E-state index in [0.717, 1.165) is 5.56 Å². The molecular formula is C13H19NO4S. The van der Waals surface area contributed by atoms with Crippen molar-refractivity contribution < 1.29 is 18.3 Å². The monoisotopic (exact) mass is 285 g/mol. The van der Waals surface area contributed by atoms with Crippen LogP contribution in [0.4, 0.5) is 0 Å². The van der Waals surface area contributed by atoms with Crippen molar-refractivity contribution in [3.63, 3.8) is 0 Å². The van der Waals surface area contributed by atoms with Crippen LogP contribution >= 0.6 is 0 Å². The number of hydrogen-bond acceptors (Lipinski definition) is 3. The minimum Gasteiger partial charge on any atom is -0.481 e. The lowest BCUT2D eigenvalue weighted by molar-refractivity contribution is -0.147. The number of aliphatic carboxylic acids is 1. The average molecular weight is 285 g/mol. The van der Waals surface area contributed by atoms with Gasteiger partial charge in [-0.05, 0) is 32.4 Å². The van der Waals surface area contributed by atoms with Crippen LogP contribution in [0.3, 0.4) is 0 Å². The Morgan fingerprint density at radius 1 is 1.32 bits per heavy atom. The Morgan fingerprint density at radius 2 is 1.84 bits per heavy atom. The topological polar surface area (TPSA) is 83.5 Å². The van der Waals surface area contributed by atoms with E-state index in [0.29, 0.717) is 6.42 Å². The maximum atomic E-state index is 12.0. The molecule has 0 saturated carbocycles. The number of carboxylic acid groups (broad SMARTS) is 1. The highest BCUT2D eigenvalue weighted by Crippen LogP contribution is 2.21. The Labute approximate surface area is 113 Å². The third-order valence-electron chi connectivity index (χ3n) is 3.28. The molecule has 0 fully saturated rings. The molecule has 0 radical (unpaired) electrons. The van der Waals surface area contributed by atoms with Crippen molar-refractivity contribution in [3.8, 4) is 0 Å². The summed E-state index contributed by atoms with van der Waals surface area (Å²) < 4.78 is 26.4. The Kier molecular flexibility index (Phi) is 4.70. The van der Waals surface area contributed by atoms with E-state index >= 15 is 0 Å². The highest BCUT2D eigenvalue weighted by atomic mass is 32.2. The van der Waals surface area contributed by atoms with Gasteiger partial charge in [0.05, 0.1) is 10.3 Å². The fourth-order valence-corrected chi connectivity index (χ4v) is 2.58. The van der Waals surface area contributed by atoms with Gasteiger partial charge in [0.15, 0.2) is 0 Å². The van der Waals surface area contributed by atoms with E-state index in [1.165, 1.54) is 19.1 Å². The third kappa shape index (κ3) is 3.78. The second kappa shape index (κ2) is 5.71. The molecule has 106 valence electrons. The van der Waals surface area contributed by atoms with Crippen molar-refractivity contribution >= 4 is 16.0 Å². The van der Waals surface area contributed by atoms with Crippen LogP contribution in [0.5, 0.6) is 0 Å². The first kappa shape index (κ1) is 15.7.